The number of hydrogen-bond acceptors (Lipinski definition) is 2. The van der Waals surface area contributed by atoms with Gasteiger partial charge in [0.25, 0.3) is 5.91 Å². The minimum atomic E-state index is -0.688. The van der Waals surface area contributed by atoms with Gasteiger partial charge in [-0.25, -0.2) is 0 Å². The van der Waals surface area contributed by atoms with Crippen LogP contribution in [0.1, 0.15) is 31.2 Å². The van der Waals surface area contributed by atoms with Crippen LogP contribution < -0.4 is 10.2 Å². The Labute approximate surface area is 123 Å². The molecule has 0 radical (unpaired) electrons. The first-order chi connectivity index (χ1) is 9.52. The van der Waals surface area contributed by atoms with E-state index in [0.717, 1.165) is 31.2 Å². The van der Waals surface area contributed by atoms with Gasteiger partial charge in [-0.1, -0.05) is 30.5 Å². The SMILES string of the molecule is Cc1ccc(N2CC(=O)NC3(CCCC3)C2=O)cc1Cl. The topological polar surface area (TPSA) is 49.4 Å². The minimum Gasteiger partial charge on any atom is -0.340 e. The molecule has 2 aliphatic rings. The largest absolute Gasteiger partial charge is 0.340 e. The number of benzene rings is 1. The molecule has 1 saturated carbocycles. The molecule has 3 rings (SSSR count). The Morgan fingerprint density at radius 2 is 1.95 bits per heavy atom. The number of aryl methyl sites for hydroxylation is 1. The van der Waals surface area contributed by atoms with Crippen molar-refractivity contribution in [2.45, 2.75) is 38.1 Å². The van der Waals surface area contributed by atoms with Crippen LogP contribution >= 0.6 is 11.6 Å². The Morgan fingerprint density at radius 3 is 2.60 bits per heavy atom. The second-order valence-electron chi connectivity index (χ2n) is 5.66. The smallest absolute Gasteiger partial charge is 0.253 e. The van der Waals surface area contributed by atoms with Crippen molar-refractivity contribution in [2.24, 2.45) is 0 Å². The van der Waals surface area contributed by atoms with E-state index in [9.17, 15) is 9.59 Å². The number of nitrogens with zero attached hydrogens (tertiary/aromatic N) is 1. The van der Waals surface area contributed by atoms with Crippen LogP contribution in [0.25, 0.3) is 0 Å². The summed E-state index contributed by atoms with van der Waals surface area (Å²) < 4.78 is 0. The van der Waals surface area contributed by atoms with Crippen LogP contribution in [-0.4, -0.2) is 23.9 Å². The number of amides is 2. The number of anilines is 1. The van der Waals surface area contributed by atoms with Gasteiger partial charge in [-0.05, 0) is 37.5 Å². The van der Waals surface area contributed by atoms with Gasteiger partial charge in [0.15, 0.2) is 0 Å². The summed E-state index contributed by atoms with van der Waals surface area (Å²) >= 11 is 6.13. The predicted molar refractivity (Wildman–Crippen MR) is 77.9 cm³/mol. The molecule has 0 unspecified atom stereocenters. The highest BCUT2D eigenvalue weighted by molar-refractivity contribution is 6.31. The lowest BCUT2D eigenvalue weighted by atomic mass is 9.92. The van der Waals surface area contributed by atoms with Crippen LogP contribution in [0.4, 0.5) is 5.69 Å². The first-order valence-corrected chi connectivity index (χ1v) is 7.29. The second kappa shape index (κ2) is 4.77. The number of carbonyl (C=O) groups excluding carboxylic acids is 2. The maximum Gasteiger partial charge on any atom is 0.253 e. The number of nitrogens with one attached hydrogen (secondary N) is 1. The van der Waals surface area contributed by atoms with E-state index in [0.29, 0.717) is 10.7 Å². The van der Waals surface area contributed by atoms with Crippen molar-refractivity contribution < 1.29 is 9.59 Å². The maximum atomic E-state index is 12.8. The number of hydrogen-bond donors (Lipinski definition) is 1. The number of carbonyl (C=O) groups is 2. The molecule has 1 heterocycles. The van der Waals surface area contributed by atoms with E-state index in [1.165, 1.54) is 0 Å². The molecule has 1 aromatic carbocycles. The van der Waals surface area contributed by atoms with Crippen LogP contribution in [0.2, 0.25) is 5.02 Å². The molecule has 5 heteroatoms. The molecule has 0 atom stereocenters. The van der Waals surface area contributed by atoms with Crippen molar-refractivity contribution in [3.05, 3.63) is 28.8 Å². The fourth-order valence-electron chi connectivity index (χ4n) is 3.11. The molecular formula is C15H17ClN2O2. The Kier molecular flexibility index (Phi) is 3.21. The molecular weight excluding hydrogens is 276 g/mol. The normalized spacial score (nSPS) is 21.4. The van der Waals surface area contributed by atoms with E-state index in [2.05, 4.69) is 5.32 Å². The van der Waals surface area contributed by atoms with Crippen LogP contribution in [0, 0.1) is 6.92 Å². The van der Waals surface area contributed by atoms with Crippen LogP contribution in [0.3, 0.4) is 0 Å². The molecule has 1 saturated heterocycles. The highest BCUT2D eigenvalue weighted by Gasteiger charge is 2.48. The zero-order valence-electron chi connectivity index (χ0n) is 11.4. The van der Waals surface area contributed by atoms with Gasteiger partial charge in [-0.15, -0.1) is 0 Å². The standard InChI is InChI=1S/C15H17ClN2O2/c1-10-4-5-11(8-12(10)16)18-9-13(19)17-15(14(18)20)6-2-3-7-15/h4-5,8H,2-3,6-7,9H2,1H3,(H,17,19). The molecule has 20 heavy (non-hydrogen) atoms. The van der Waals surface area contributed by atoms with Gasteiger partial charge < -0.3 is 10.2 Å². The molecule has 2 fully saturated rings. The van der Waals surface area contributed by atoms with E-state index in [1.54, 1.807) is 11.0 Å². The van der Waals surface area contributed by atoms with E-state index in [4.69, 9.17) is 11.6 Å². The molecule has 0 bridgehead atoms. The van der Waals surface area contributed by atoms with Gasteiger partial charge in [-0.2, -0.15) is 0 Å². The molecule has 106 valence electrons. The summed E-state index contributed by atoms with van der Waals surface area (Å²) in [6.45, 7) is 1.98. The predicted octanol–water partition coefficient (Wildman–Crippen LogP) is 2.42. The quantitative estimate of drug-likeness (QED) is 0.864. The summed E-state index contributed by atoms with van der Waals surface area (Å²) in [7, 11) is 0. The fraction of sp³-hybridized carbons (Fsp3) is 0.467. The highest BCUT2D eigenvalue weighted by atomic mass is 35.5. The molecule has 1 spiro atoms. The van der Waals surface area contributed by atoms with Gasteiger partial charge in [0, 0.05) is 10.7 Å². The van der Waals surface area contributed by atoms with Crippen molar-refractivity contribution >= 4 is 29.1 Å². The lowest BCUT2D eigenvalue weighted by Gasteiger charge is -2.39. The third-order valence-electron chi connectivity index (χ3n) is 4.26. The monoisotopic (exact) mass is 292 g/mol. The number of rotatable bonds is 1. The fourth-order valence-corrected chi connectivity index (χ4v) is 3.28. The van der Waals surface area contributed by atoms with Gasteiger partial charge in [-0.3, -0.25) is 9.59 Å². The summed E-state index contributed by atoms with van der Waals surface area (Å²) in [6, 6.07) is 5.48. The van der Waals surface area contributed by atoms with Crippen LogP contribution in [-0.2, 0) is 9.59 Å². The summed E-state index contributed by atoms with van der Waals surface area (Å²) in [4.78, 5) is 26.3. The first-order valence-electron chi connectivity index (χ1n) is 6.91. The van der Waals surface area contributed by atoms with Gasteiger partial charge >= 0.3 is 0 Å². The summed E-state index contributed by atoms with van der Waals surface area (Å²) in [5.74, 6) is -0.0993. The highest BCUT2D eigenvalue weighted by Crippen LogP contribution is 2.35. The average molecular weight is 293 g/mol. The maximum absolute atomic E-state index is 12.8. The Balaban J connectivity index is 1.97. The van der Waals surface area contributed by atoms with Gasteiger partial charge in [0.05, 0.1) is 0 Å². The van der Waals surface area contributed by atoms with Gasteiger partial charge in [0.1, 0.15) is 12.1 Å². The van der Waals surface area contributed by atoms with E-state index < -0.39 is 5.54 Å². The Morgan fingerprint density at radius 1 is 1.25 bits per heavy atom. The third-order valence-corrected chi connectivity index (χ3v) is 4.67. The summed E-state index contributed by atoms with van der Waals surface area (Å²) in [5, 5.41) is 3.52. The van der Waals surface area contributed by atoms with E-state index in [-0.39, 0.29) is 18.4 Å². The molecule has 1 aliphatic heterocycles. The van der Waals surface area contributed by atoms with Crippen molar-refractivity contribution in [2.75, 3.05) is 11.4 Å². The van der Waals surface area contributed by atoms with Crippen molar-refractivity contribution in [3.8, 4) is 0 Å². The van der Waals surface area contributed by atoms with Crippen LogP contribution in [0.5, 0.6) is 0 Å². The molecule has 2 amide bonds. The third kappa shape index (κ3) is 2.08. The number of piperazine rings is 1. The molecule has 1 aromatic rings. The van der Waals surface area contributed by atoms with E-state index >= 15 is 0 Å². The van der Waals surface area contributed by atoms with Crippen LogP contribution in [0.15, 0.2) is 18.2 Å². The van der Waals surface area contributed by atoms with Crippen molar-refractivity contribution in [3.63, 3.8) is 0 Å². The molecule has 0 aromatic heterocycles. The molecule has 1 N–H and O–H groups in total. The lowest BCUT2D eigenvalue weighted by molar-refractivity contribution is -0.135. The second-order valence-corrected chi connectivity index (χ2v) is 6.07. The zero-order chi connectivity index (χ0) is 14.3. The van der Waals surface area contributed by atoms with Gasteiger partial charge in [0.2, 0.25) is 5.91 Å². The lowest BCUT2D eigenvalue weighted by Crippen LogP contribution is -2.65. The van der Waals surface area contributed by atoms with E-state index in [1.807, 2.05) is 19.1 Å². The summed E-state index contributed by atoms with van der Waals surface area (Å²) in [5.41, 5.74) is 0.971. The Bertz CT molecular complexity index is 579. The average Bonchev–Trinajstić information content (AvgIpc) is 2.86. The molecule has 1 aliphatic carbocycles. The zero-order valence-corrected chi connectivity index (χ0v) is 12.2. The number of halogens is 1. The first kappa shape index (κ1) is 13.4. The Hall–Kier alpha value is -1.55. The van der Waals surface area contributed by atoms with Crippen molar-refractivity contribution in [1.29, 1.82) is 0 Å². The summed E-state index contributed by atoms with van der Waals surface area (Å²) in [6.07, 6.45) is 3.42. The molecule has 4 nitrogen and oxygen atoms in total. The minimum absolute atomic E-state index is 0.00507. The van der Waals surface area contributed by atoms with Crippen molar-refractivity contribution in [1.82, 2.24) is 5.32 Å².